The number of likely N-dealkylation sites (N-methyl/N-ethyl adjacent to an activating group) is 1. The van der Waals surface area contributed by atoms with Crippen LogP contribution in [0.2, 0.25) is 0 Å². The topological polar surface area (TPSA) is 110 Å². The second-order valence-electron chi connectivity index (χ2n) is 9.27. The van der Waals surface area contributed by atoms with Gasteiger partial charge < -0.3 is 4.90 Å². The molecule has 0 unspecified atom stereocenters. The van der Waals surface area contributed by atoms with Crippen LogP contribution in [0.5, 0.6) is 0 Å². The van der Waals surface area contributed by atoms with Crippen molar-refractivity contribution in [3.63, 3.8) is 0 Å². The molecule has 4 aliphatic heterocycles. The van der Waals surface area contributed by atoms with Gasteiger partial charge in [-0.15, -0.1) is 0 Å². The van der Waals surface area contributed by atoms with Crippen LogP contribution in [0.4, 0.5) is 10.5 Å². The molecule has 1 atom stereocenters. The Morgan fingerprint density at radius 1 is 1.11 bits per heavy atom. The van der Waals surface area contributed by atoms with Gasteiger partial charge in [0.15, 0.2) is 10.5 Å². The predicted molar refractivity (Wildman–Crippen MR) is 130 cm³/mol. The minimum atomic E-state index is -1.41. The fraction of sp³-hybridized carbons (Fsp3) is 0.417. The highest BCUT2D eigenvalue weighted by molar-refractivity contribution is 7.80. The molecular weight excluding hydrogens is 470 g/mol. The molecule has 6 amide bonds. The number of anilines is 1. The van der Waals surface area contributed by atoms with Crippen LogP contribution in [0.25, 0.3) is 6.08 Å². The average molecular weight is 496 g/mol. The van der Waals surface area contributed by atoms with Crippen molar-refractivity contribution in [3.8, 4) is 0 Å². The normalized spacial score (nSPS) is 25.0. The fourth-order valence-corrected chi connectivity index (χ4v) is 6.08. The lowest BCUT2D eigenvalue weighted by Gasteiger charge is -2.50. The third-order valence-electron chi connectivity index (χ3n) is 7.46. The first-order chi connectivity index (χ1) is 16.6. The van der Waals surface area contributed by atoms with Crippen molar-refractivity contribution in [1.29, 1.82) is 0 Å². The average Bonchev–Trinajstić information content (AvgIpc) is 3.33. The van der Waals surface area contributed by atoms with E-state index in [0.717, 1.165) is 27.5 Å². The van der Waals surface area contributed by atoms with Crippen LogP contribution >= 0.6 is 12.2 Å². The second-order valence-corrected chi connectivity index (χ2v) is 9.65. The maximum atomic E-state index is 13.5. The molecule has 0 aliphatic carbocycles. The lowest BCUT2D eigenvalue weighted by Crippen LogP contribution is -2.70. The van der Waals surface area contributed by atoms with E-state index in [4.69, 9.17) is 12.2 Å². The Balaban J connectivity index is 1.59. The van der Waals surface area contributed by atoms with Crippen molar-refractivity contribution in [3.05, 3.63) is 34.9 Å². The molecule has 0 radical (unpaired) electrons. The van der Waals surface area contributed by atoms with E-state index >= 15 is 0 Å². The van der Waals surface area contributed by atoms with Crippen molar-refractivity contribution in [2.45, 2.75) is 32.2 Å². The first kappa shape index (κ1) is 23.2. The SMILES string of the molecule is CCN1C(=O)/C(=C\c2ccc3c(c2)CC2(C(=O)N(C)C(=O)N(C)C2=O)[C@H]2CCCN32)C(=O)NC1=S. The number of nitrogens with one attached hydrogen (secondary N) is 1. The van der Waals surface area contributed by atoms with E-state index in [9.17, 15) is 24.0 Å². The number of fused-ring (bicyclic) bond motifs is 4. The van der Waals surface area contributed by atoms with E-state index in [-0.39, 0.29) is 23.1 Å². The van der Waals surface area contributed by atoms with E-state index in [1.54, 1.807) is 13.0 Å². The van der Waals surface area contributed by atoms with Crippen molar-refractivity contribution in [1.82, 2.24) is 20.0 Å². The minimum Gasteiger partial charge on any atom is -0.367 e. The largest absolute Gasteiger partial charge is 0.367 e. The maximum absolute atomic E-state index is 13.5. The quantitative estimate of drug-likeness (QED) is 0.281. The molecule has 1 spiro atoms. The summed E-state index contributed by atoms with van der Waals surface area (Å²) >= 11 is 5.08. The number of hydrogen-bond acceptors (Lipinski definition) is 7. The number of urea groups is 1. The molecule has 4 aliphatic rings. The van der Waals surface area contributed by atoms with Gasteiger partial charge in [0.1, 0.15) is 5.57 Å². The maximum Gasteiger partial charge on any atom is 0.332 e. The Morgan fingerprint density at radius 3 is 2.46 bits per heavy atom. The minimum absolute atomic E-state index is 0.0418. The molecule has 182 valence electrons. The number of benzene rings is 1. The second kappa shape index (κ2) is 7.98. The summed E-state index contributed by atoms with van der Waals surface area (Å²) in [6, 6.07) is 4.53. The number of carbonyl (C=O) groups excluding carboxylic acids is 5. The zero-order valence-corrected chi connectivity index (χ0v) is 20.5. The molecule has 3 saturated heterocycles. The molecule has 11 heteroatoms. The van der Waals surface area contributed by atoms with Crippen molar-refractivity contribution in [2.75, 3.05) is 32.1 Å². The smallest absolute Gasteiger partial charge is 0.332 e. The van der Waals surface area contributed by atoms with Crippen LogP contribution in [-0.2, 0) is 25.6 Å². The van der Waals surface area contributed by atoms with Gasteiger partial charge in [0.2, 0.25) is 11.8 Å². The summed E-state index contributed by atoms with van der Waals surface area (Å²) in [5.41, 5.74) is 0.809. The third kappa shape index (κ3) is 3.14. The Hall–Kier alpha value is -3.60. The molecule has 4 heterocycles. The molecule has 0 bridgehead atoms. The van der Waals surface area contributed by atoms with Gasteiger partial charge in [-0.1, -0.05) is 6.07 Å². The molecule has 10 nitrogen and oxygen atoms in total. The molecule has 0 saturated carbocycles. The number of imide groups is 2. The molecule has 3 fully saturated rings. The van der Waals surface area contributed by atoms with Crippen LogP contribution in [0, 0.1) is 5.41 Å². The molecule has 35 heavy (non-hydrogen) atoms. The Kier molecular flexibility index (Phi) is 5.28. The van der Waals surface area contributed by atoms with Gasteiger partial charge in [0, 0.05) is 32.9 Å². The van der Waals surface area contributed by atoms with Gasteiger partial charge >= 0.3 is 6.03 Å². The third-order valence-corrected chi connectivity index (χ3v) is 7.79. The number of barbiturate groups is 1. The Labute approximate surface area is 207 Å². The van der Waals surface area contributed by atoms with Crippen molar-refractivity contribution >= 4 is 58.8 Å². The highest BCUT2D eigenvalue weighted by atomic mass is 32.1. The molecule has 5 rings (SSSR count). The first-order valence-corrected chi connectivity index (χ1v) is 11.9. The lowest BCUT2D eigenvalue weighted by atomic mass is 9.68. The summed E-state index contributed by atoms with van der Waals surface area (Å²) in [5.74, 6) is -2.04. The number of hydrogen-bond donors (Lipinski definition) is 1. The van der Waals surface area contributed by atoms with E-state index in [1.165, 1.54) is 25.1 Å². The van der Waals surface area contributed by atoms with Gasteiger partial charge in [-0.05, 0) is 67.7 Å². The summed E-state index contributed by atoms with van der Waals surface area (Å²) in [6.45, 7) is 2.77. The zero-order chi connectivity index (χ0) is 25.2. The van der Waals surface area contributed by atoms with Crippen LogP contribution in [-0.4, -0.2) is 82.7 Å². The van der Waals surface area contributed by atoms with Crippen LogP contribution in [0.1, 0.15) is 30.9 Å². The van der Waals surface area contributed by atoms with E-state index in [2.05, 4.69) is 10.2 Å². The van der Waals surface area contributed by atoms with Crippen LogP contribution in [0.15, 0.2) is 23.8 Å². The highest BCUT2D eigenvalue weighted by Gasteiger charge is 2.63. The number of carbonyl (C=O) groups is 5. The van der Waals surface area contributed by atoms with Crippen LogP contribution < -0.4 is 10.2 Å². The standard InChI is InChI=1S/C24H25N5O5S/c1-4-28-19(31)15(18(30)25-22(28)35)11-13-7-8-16-14(10-13)12-24(17-6-5-9-29(16)17)20(32)26(2)23(34)27(3)21(24)33/h7-8,10-11,17H,4-6,9,12H2,1-3H3,(H,25,30,35)/b15-11-/t17-/m1/s1. The van der Waals surface area contributed by atoms with Gasteiger partial charge in [0.05, 0.1) is 6.04 Å². The highest BCUT2D eigenvalue weighted by Crippen LogP contribution is 2.49. The Bertz CT molecular complexity index is 1230. The number of thiocarbonyl (C=S) groups is 1. The molecular formula is C24H25N5O5S. The van der Waals surface area contributed by atoms with Gasteiger partial charge in [-0.25, -0.2) is 4.79 Å². The Morgan fingerprint density at radius 2 is 1.80 bits per heavy atom. The number of nitrogens with zero attached hydrogens (tertiary/aromatic N) is 4. The first-order valence-electron chi connectivity index (χ1n) is 11.5. The summed E-state index contributed by atoms with van der Waals surface area (Å²) in [5, 5.41) is 2.61. The number of amides is 6. The lowest BCUT2D eigenvalue weighted by molar-refractivity contribution is -0.159. The molecule has 0 aromatic heterocycles. The van der Waals surface area contributed by atoms with Gasteiger partial charge in [-0.2, -0.15) is 0 Å². The van der Waals surface area contributed by atoms with E-state index in [0.29, 0.717) is 25.1 Å². The summed E-state index contributed by atoms with van der Waals surface area (Å²) < 4.78 is 0. The molecule has 1 N–H and O–H groups in total. The predicted octanol–water partition coefficient (Wildman–Crippen LogP) is 0.895. The summed E-state index contributed by atoms with van der Waals surface area (Å²) in [7, 11) is 2.81. The van der Waals surface area contributed by atoms with Crippen molar-refractivity contribution in [2.24, 2.45) is 5.41 Å². The monoisotopic (exact) mass is 495 g/mol. The number of rotatable bonds is 2. The molecule has 1 aromatic rings. The van der Waals surface area contributed by atoms with E-state index < -0.39 is 35.1 Å². The van der Waals surface area contributed by atoms with Crippen molar-refractivity contribution < 1.29 is 24.0 Å². The summed E-state index contributed by atoms with van der Waals surface area (Å²) in [4.78, 5) is 70.2. The van der Waals surface area contributed by atoms with Gasteiger partial charge in [-0.3, -0.25) is 39.2 Å². The van der Waals surface area contributed by atoms with Crippen LogP contribution in [0.3, 0.4) is 0 Å². The van der Waals surface area contributed by atoms with E-state index in [1.807, 2.05) is 12.1 Å². The van der Waals surface area contributed by atoms with Gasteiger partial charge in [0.25, 0.3) is 11.8 Å². The summed E-state index contributed by atoms with van der Waals surface area (Å²) in [6.07, 6.45) is 3.12. The fourth-order valence-electron chi connectivity index (χ4n) is 5.78. The zero-order valence-electron chi connectivity index (χ0n) is 19.7. The molecule has 1 aromatic carbocycles.